The smallest absolute Gasteiger partial charge is 0.330 e. The van der Waals surface area contributed by atoms with Gasteiger partial charge in [-0.2, -0.15) is 0 Å². The summed E-state index contributed by atoms with van der Waals surface area (Å²) in [6, 6.07) is 7.64. The fourth-order valence-corrected chi connectivity index (χ4v) is 3.27. The SMILES string of the molecule is COC(=O)/C=C(\C)c1sc(-c2ccncc2)nc1-c1cccnc1. The van der Waals surface area contributed by atoms with Crippen LogP contribution in [0.15, 0.2) is 55.1 Å². The van der Waals surface area contributed by atoms with E-state index >= 15 is 0 Å². The van der Waals surface area contributed by atoms with Gasteiger partial charge >= 0.3 is 5.97 Å². The Bertz CT molecular complexity index is 874. The van der Waals surface area contributed by atoms with Crippen molar-refractivity contribution < 1.29 is 9.53 Å². The Labute approximate surface area is 143 Å². The third kappa shape index (κ3) is 3.38. The van der Waals surface area contributed by atoms with E-state index in [2.05, 4.69) is 9.97 Å². The first-order chi connectivity index (χ1) is 11.7. The third-order valence-electron chi connectivity index (χ3n) is 3.38. The van der Waals surface area contributed by atoms with E-state index < -0.39 is 0 Å². The van der Waals surface area contributed by atoms with E-state index in [9.17, 15) is 4.79 Å². The largest absolute Gasteiger partial charge is 0.466 e. The molecule has 0 aliphatic rings. The van der Waals surface area contributed by atoms with Gasteiger partial charge in [-0.15, -0.1) is 11.3 Å². The van der Waals surface area contributed by atoms with Crippen molar-refractivity contribution >= 4 is 22.9 Å². The van der Waals surface area contributed by atoms with Gasteiger partial charge in [0.2, 0.25) is 0 Å². The van der Waals surface area contributed by atoms with Crippen molar-refractivity contribution in [2.24, 2.45) is 0 Å². The van der Waals surface area contributed by atoms with Gasteiger partial charge in [0.25, 0.3) is 0 Å². The average molecular weight is 337 g/mol. The summed E-state index contributed by atoms with van der Waals surface area (Å²) >= 11 is 1.53. The van der Waals surface area contributed by atoms with E-state index in [1.54, 1.807) is 24.8 Å². The van der Waals surface area contributed by atoms with Crippen LogP contribution in [0.5, 0.6) is 0 Å². The van der Waals surface area contributed by atoms with E-state index in [-0.39, 0.29) is 5.97 Å². The molecule has 3 aromatic heterocycles. The zero-order valence-corrected chi connectivity index (χ0v) is 14.1. The molecule has 0 bridgehead atoms. The van der Waals surface area contributed by atoms with Crippen molar-refractivity contribution in [3.8, 4) is 21.8 Å². The molecule has 0 spiro atoms. The molecular weight excluding hydrogens is 322 g/mol. The number of nitrogens with zero attached hydrogens (tertiary/aromatic N) is 3. The van der Waals surface area contributed by atoms with Gasteiger partial charge in [-0.25, -0.2) is 9.78 Å². The van der Waals surface area contributed by atoms with Crippen molar-refractivity contribution in [1.82, 2.24) is 15.0 Å². The molecule has 0 unspecified atom stereocenters. The molecule has 3 heterocycles. The molecule has 120 valence electrons. The lowest BCUT2D eigenvalue weighted by Crippen LogP contribution is -1.95. The Morgan fingerprint density at radius 1 is 1.12 bits per heavy atom. The summed E-state index contributed by atoms with van der Waals surface area (Å²) < 4.78 is 4.73. The number of pyridine rings is 2. The first-order valence-corrected chi connectivity index (χ1v) is 8.09. The molecular formula is C18H15N3O2S. The molecule has 0 fully saturated rings. The fraction of sp³-hybridized carbons (Fsp3) is 0.111. The van der Waals surface area contributed by atoms with Crippen LogP contribution in [0, 0.1) is 0 Å². The predicted molar refractivity (Wildman–Crippen MR) is 94.2 cm³/mol. The second-order valence-electron chi connectivity index (χ2n) is 5.02. The van der Waals surface area contributed by atoms with Crippen molar-refractivity contribution in [2.45, 2.75) is 6.92 Å². The van der Waals surface area contributed by atoms with Crippen molar-refractivity contribution in [2.75, 3.05) is 7.11 Å². The molecule has 3 rings (SSSR count). The normalized spacial score (nSPS) is 11.3. The Kier molecular flexibility index (Phi) is 4.77. The van der Waals surface area contributed by atoms with Crippen LogP contribution in [0.1, 0.15) is 11.8 Å². The van der Waals surface area contributed by atoms with Crippen LogP contribution >= 0.6 is 11.3 Å². The number of allylic oxidation sites excluding steroid dienone is 1. The molecule has 0 radical (unpaired) electrons. The van der Waals surface area contributed by atoms with Crippen LogP contribution in [0.2, 0.25) is 0 Å². The van der Waals surface area contributed by atoms with Crippen LogP contribution in [-0.2, 0) is 9.53 Å². The monoisotopic (exact) mass is 337 g/mol. The van der Waals surface area contributed by atoms with E-state index in [0.29, 0.717) is 0 Å². The van der Waals surface area contributed by atoms with Gasteiger partial charge in [-0.05, 0) is 36.8 Å². The first-order valence-electron chi connectivity index (χ1n) is 7.27. The Morgan fingerprint density at radius 3 is 2.58 bits per heavy atom. The molecule has 0 saturated heterocycles. The molecule has 0 aliphatic carbocycles. The topological polar surface area (TPSA) is 65.0 Å². The summed E-state index contributed by atoms with van der Waals surface area (Å²) in [7, 11) is 1.36. The second kappa shape index (κ2) is 7.14. The number of carbonyl (C=O) groups is 1. The predicted octanol–water partition coefficient (Wildman–Crippen LogP) is 3.84. The van der Waals surface area contributed by atoms with Crippen LogP contribution in [0.4, 0.5) is 0 Å². The highest BCUT2D eigenvalue weighted by molar-refractivity contribution is 7.16. The minimum absolute atomic E-state index is 0.386. The van der Waals surface area contributed by atoms with Crippen LogP contribution in [0.3, 0.4) is 0 Å². The van der Waals surface area contributed by atoms with Gasteiger partial charge in [0.05, 0.1) is 17.7 Å². The maximum absolute atomic E-state index is 11.6. The molecule has 0 atom stereocenters. The summed E-state index contributed by atoms with van der Waals surface area (Å²) in [5.41, 5.74) is 3.50. The minimum atomic E-state index is -0.386. The number of methoxy groups -OCH3 is 1. The molecule has 0 aliphatic heterocycles. The molecule has 0 aromatic carbocycles. The van der Waals surface area contributed by atoms with Crippen LogP contribution in [-0.4, -0.2) is 28.0 Å². The Balaban J connectivity index is 2.14. The Hall–Kier alpha value is -2.86. The van der Waals surface area contributed by atoms with E-state index in [1.807, 2.05) is 31.2 Å². The highest BCUT2D eigenvalue weighted by Gasteiger charge is 2.16. The fourth-order valence-electron chi connectivity index (χ4n) is 2.21. The van der Waals surface area contributed by atoms with E-state index in [4.69, 9.17) is 9.72 Å². The maximum atomic E-state index is 11.6. The first kappa shape index (κ1) is 16.0. The highest BCUT2D eigenvalue weighted by Crippen LogP contribution is 2.37. The summed E-state index contributed by atoms with van der Waals surface area (Å²) in [5, 5.41) is 0.865. The van der Waals surface area contributed by atoms with E-state index in [0.717, 1.165) is 32.3 Å². The summed E-state index contributed by atoms with van der Waals surface area (Å²) in [6.45, 7) is 1.88. The van der Waals surface area contributed by atoms with Gasteiger partial charge < -0.3 is 4.74 Å². The Morgan fingerprint density at radius 2 is 1.92 bits per heavy atom. The number of esters is 1. The van der Waals surface area contributed by atoms with Crippen molar-refractivity contribution in [1.29, 1.82) is 0 Å². The number of ether oxygens (including phenoxy) is 1. The van der Waals surface area contributed by atoms with Gasteiger partial charge in [-0.1, -0.05) is 0 Å². The number of carbonyl (C=O) groups excluding carboxylic acids is 1. The van der Waals surface area contributed by atoms with Gasteiger partial charge in [-0.3, -0.25) is 9.97 Å². The lowest BCUT2D eigenvalue weighted by Gasteiger charge is -2.02. The zero-order valence-electron chi connectivity index (χ0n) is 13.3. The summed E-state index contributed by atoms with van der Waals surface area (Å²) in [5.74, 6) is -0.386. The molecule has 0 saturated carbocycles. The minimum Gasteiger partial charge on any atom is -0.466 e. The van der Waals surface area contributed by atoms with Gasteiger partial charge in [0.15, 0.2) is 0 Å². The van der Waals surface area contributed by atoms with Crippen molar-refractivity contribution in [3.63, 3.8) is 0 Å². The molecule has 3 aromatic rings. The molecule has 6 heteroatoms. The summed E-state index contributed by atoms with van der Waals surface area (Å²) in [4.78, 5) is 25.5. The third-order valence-corrected chi connectivity index (χ3v) is 4.62. The summed E-state index contributed by atoms with van der Waals surface area (Å²) in [6.07, 6.45) is 8.43. The van der Waals surface area contributed by atoms with Crippen LogP contribution in [0.25, 0.3) is 27.4 Å². The maximum Gasteiger partial charge on any atom is 0.330 e. The second-order valence-corrected chi connectivity index (χ2v) is 6.02. The van der Waals surface area contributed by atoms with Gasteiger partial charge in [0, 0.05) is 42.0 Å². The lowest BCUT2D eigenvalue weighted by molar-refractivity contribution is -0.134. The number of rotatable bonds is 4. The standard InChI is InChI=1S/C18H15N3O2S/c1-12(10-15(22)23-2)17-16(14-4-3-7-20-11-14)21-18(24-17)13-5-8-19-9-6-13/h3-11H,1-2H3/b12-10+. The zero-order chi connectivity index (χ0) is 16.9. The highest BCUT2D eigenvalue weighted by atomic mass is 32.1. The quantitative estimate of drug-likeness (QED) is 0.534. The number of aromatic nitrogens is 3. The number of hydrogen-bond donors (Lipinski definition) is 0. The van der Waals surface area contributed by atoms with E-state index in [1.165, 1.54) is 24.5 Å². The number of hydrogen-bond acceptors (Lipinski definition) is 6. The molecule has 0 amide bonds. The average Bonchev–Trinajstić information content (AvgIpc) is 3.08. The van der Waals surface area contributed by atoms with Crippen LogP contribution < -0.4 is 0 Å². The van der Waals surface area contributed by atoms with Gasteiger partial charge in [0.1, 0.15) is 5.01 Å². The molecule has 24 heavy (non-hydrogen) atoms. The van der Waals surface area contributed by atoms with Crippen molar-refractivity contribution in [3.05, 3.63) is 60.0 Å². The number of thiazole rings is 1. The molecule has 5 nitrogen and oxygen atoms in total. The molecule has 0 N–H and O–H groups in total. The lowest BCUT2D eigenvalue weighted by atomic mass is 10.1.